The number of halogens is 1. The Hall–Kier alpha value is -0.730. The van der Waals surface area contributed by atoms with Crippen LogP contribution in [0.3, 0.4) is 0 Å². The van der Waals surface area contributed by atoms with Crippen molar-refractivity contribution >= 4 is 17.3 Å². The van der Waals surface area contributed by atoms with E-state index in [0.717, 1.165) is 19.1 Å². The van der Waals surface area contributed by atoms with E-state index >= 15 is 0 Å². The summed E-state index contributed by atoms with van der Waals surface area (Å²) >= 11 is 5.91. The van der Waals surface area contributed by atoms with E-state index in [4.69, 9.17) is 11.6 Å². The summed E-state index contributed by atoms with van der Waals surface area (Å²) in [6.07, 6.45) is 2.51. The largest absolute Gasteiger partial charge is 0.371 e. The fraction of sp³-hybridized carbons (Fsp3) is 0.600. The summed E-state index contributed by atoms with van der Waals surface area (Å²) in [5, 5.41) is 0. The van der Waals surface area contributed by atoms with Crippen molar-refractivity contribution in [3.63, 3.8) is 0 Å². The third-order valence-electron chi connectivity index (χ3n) is 4.03. The summed E-state index contributed by atoms with van der Waals surface area (Å²) in [6.45, 7) is 4.46. The number of alkyl halides is 1. The van der Waals surface area contributed by atoms with Crippen molar-refractivity contribution in [1.82, 2.24) is 4.90 Å². The Morgan fingerprint density at radius 3 is 2.44 bits per heavy atom. The third kappa shape index (κ3) is 2.99. The number of benzene rings is 1. The van der Waals surface area contributed by atoms with Crippen LogP contribution < -0.4 is 4.90 Å². The van der Waals surface area contributed by atoms with Gasteiger partial charge >= 0.3 is 0 Å². The molecule has 0 spiro atoms. The summed E-state index contributed by atoms with van der Waals surface area (Å²) in [7, 11) is 4.36. The minimum Gasteiger partial charge on any atom is -0.371 e. The molecule has 0 bridgehead atoms. The third-order valence-corrected chi connectivity index (χ3v) is 4.32. The van der Waals surface area contributed by atoms with Crippen molar-refractivity contribution in [2.24, 2.45) is 0 Å². The van der Waals surface area contributed by atoms with Crippen molar-refractivity contribution < 1.29 is 0 Å². The Morgan fingerprint density at radius 2 is 1.94 bits per heavy atom. The summed E-state index contributed by atoms with van der Waals surface area (Å²) in [4.78, 5) is 4.84. The Labute approximate surface area is 116 Å². The number of piperidine rings is 1. The first-order valence-electron chi connectivity index (χ1n) is 6.68. The predicted molar refractivity (Wildman–Crippen MR) is 79.7 cm³/mol. The smallest absolute Gasteiger partial charge is 0.0476 e. The molecule has 2 rings (SSSR count). The van der Waals surface area contributed by atoms with Crippen LogP contribution in [0.4, 0.5) is 5.69 Å². The van der Waals surface area contributed by atoms with E-state index in [1.54, 1.807) is 0 Å². The number of hydrogen-bond acceptors (Lipinski definition) is 2. The molecule has 0 saturated carbocycles. The Balaban J connectivity index is 2.03. The standard InChI is InChI=1S/C15H23ClN2/c1-12-10-15(5-4-13(12)11-16)18-8-6-14(7-9-18)17(2)3/h4-5,10,14H,6-9,11H2,1-3H3. The number of aryl methyl sites for hydroxylation is 1. The second-order valence-electron chi connectivity index (χ2n) is 5.43. The highest BCUT2D eigenvalue weighted by Crippen LogP contribution is 2.24. The summed E-state index contributed by atoms with van der Waals surface area (Å²) in [6, 6.07) is 7.38. The van der Waals surface area contributed by atoms with Gasteiger partial charge in [-0.3, -0.25) is 0 Å². The highest BCUT2D eigenvalue weighted by molar-refractivity contribution is 6.17. The van der Waals surface area contributed by atoms with Crippen LogP contribution in [0.1, 0.15) is 24.0 Å². The summed E-state index contributed by atoms with van der Waals surface area (Å²) < 4.78 is 0. The normalized spacial score (nSPS) is 17.5. The van der Waals surface area contributed by atoms with Crippen LogP contribution in [0.15, 0.2) is 18.2 Å². The molecule has 100 valence electrons. The topological polar surface area (TPSA) is 6.48 Å². The van der Waals surface area contributed by atoms with Gasteiger partial charge in [-0.05, 0) is 57.1 Å². The number of hydrogen-bond donors (Lipinski definition) is 0. The van der Waals surface area contributed by atoms with Crippen LogP contribution in [0.5, 0.6) is 0 Å². The monoisotopic (exact) mass is 266 g/mol. The van der Waals surface area contributed by atoms with Gasteiger partial charge in [0.2, 0.25) is 0 Å². The van der Waals surface area contributed by atoms with E-state index < -0.39 is 0 Å². The van der Waals surface area contributed by atoms with Gasteiger partial charge in [0.15, 0.2) is 0 Å². The fourth-order valence-electron chi connectivity index (χ4n) is 2.67. The lowest BCUT2D eigenvalue weighted by molar-refractivity contribution is 0.249. The van der Waals surface area contributed by atoms with Crippen molar-refractivity contribution in [2.45, 2.75) is 31.7 Å². The molecule has 1 fully saturated rings. The maximum Gasteiger partial charge on any atom is 0.0476 e. The molecular weight excluding hydrogens is 244 g/mol. The zero-order chi connectivity index (χ0) is 13.1. The molecular formula is C15H23ClN2. The van der Waals surface area contributed by atoms with Crippen LogP contribution >= 0.6 is 11.6 Å². The van der Waals surface area contributed by atoms with E-state index in [9.17, 15) is 0 Å². The van der Waals surface area contributed by atoms with Crippen LogP contribution in [-0.2, 0) is 5.88 Å². The molecule has 0 radical (unpaired) electrons. The van der Waals surface area contributed by atoms with E-state index in [2.05, 4.69) is 49.0 Å². The first-order chi connectivity index (χ1) is 8.61. The quantitative estimate of drug-likeness (QED) is 0.775. The Bertz CT molecular complexity index is 395. The molecule has 1 saturated heterocycles. The lowest BCUT2D eigenvalue weighted by Gasteiger charge is -2.36. The van der Waals surface area contributed by atoms with Crippen LogP contribution in [0, 0.1) is 6.92 Å². The highest BCUT2D eigenvalue weighted by Gasteiger charge is 2.20. The minimum atomic E-state index is 0.606. The molecule has 18 heavy (non-hydrogen) atoms. The van der Waals surface area contributed by atoms with Gasteiger partial charge in [-0.1, -0.05) is 6.07 Å². The SMILES string of the molecule is Cc1cc(N2CCC(N(C)C)CC2)ccc1CCl. The van der Waals surface area contributed by atoms with Crippen LogP contribution in [0.2, 0.25) is 0 Å². The molecule has 2 nitrogen and oxygen atoms in total. The molecule has 0 amide bonds. The predicted octanol–water partition coefficient (Wildman–Crippen LogP) is 3.26. The van der Waals surface area contributed by atoms with Crippen LogP contribution in [-0.4, -0.2) is 38.1 Å². The van der Waals surface area contributed by atoms with Crippen molar-refractivity contribution in [3.8, 4) is 0 Å². The van der Waals surface area contributed by atoms with Crippen molar-refractivity contribution in [1.29, 1.82) is 0 Å². The fourth-order valence-corrected chi connectivity index (χ4v) is 2.97. The second-order valence-corrected chi connectivity index (χ2v) is 5.69. The van der Waals surface area contributed by atoms with Gasteiger partial charge < -0.3 is 9.80 Å². The molecule has 1 aromatic rings. The zero-order valence-corrected chi connectivity index (χ0v) is 12.4. The molecule has 1 aliphatic rings. The summed E-state index contributed by atoms with van der Waals surface area (Å²) in [5.41, 5.74) is 3.89. The van der Waals surface area contributed by atoms with Gasteiger partial charge in [-0.25, -0.2) is 0 Å². The number of anilines is 1. The van der Waals surface area contributed by atoms with E-state index in [1.807, 2.05) is 0 Å². The lowest BCUT2D eigenvalue weighted by Crippen LogP contribution is -2.42. The van der Waals surface area contributed by atoms with Gasteiger partial charge in [0, 0.05) is 30.7 Å². The lowest BCUT2D eigenvalue weighted by atomic mass is 10.0. The summed E-state index contributed by atoms with van der Waals surface area (Å²) in [5.74, 6) is 0.606. The van der Waals surface area contributed by atoms with E-state index in [0.29, 0.717) is 5.88 Å². The van der Waals surface area contributed by atoms with Crippen molar-refractivity contribution in [3.05, 3.63) is 29.3 Å². The Kier molecular flexibility index (Phi) is 4.52. The average Bonchev–Trinajstić information content (AvgIpc) is 2.38. The number of rotatable bonds is 3. The van der Waals surface area contributed by atoms with Gasteiger partial charge in [0.1, 0.15) is 0 Å². The maximum absolute atomic E-state index is 5.91. The minimum absolute atomic E-state index is 0.606. The van der Waals surface area contributed by atoms with Crippen molar-refractivity contribution in [2.75, 3.05) is 32.1 Å². The van der Waals surface area contributed by atoms with E-state index in [-0.39, 0.29) is 0 Å². The van der Waals surface area contributed by atoms with E-state index in [1.165, 1.54) is 29.7 Å². The second kappa shape index (κ2) is 5.94. The first kappa shape index (κ1) is 13.7. The average molecular weight is 267 g/mol. The Morgan fingerprint density at radius 1 is 1.28 bits per heavy atom. The molecule has 0 unspecified atom stereocenters. The molecule has 1 heterocycles. The van der Waals surface area contributed by atoms with Gasteiger partial charge in [0.05, 0.1) is 0 Å². The maximum atomic E-state index is 5.91. The van der Waals surface area contributed by atoms with Gasteiger partial charge in [0.25, 0.3) is 0 Å². The molecule has 1 aliphatic heterocycles. The molecule has 1 aromatic carbocycles. The molecule has 3 heteroatoms. The highest BCUT2D eigenvalue weighted by atomic mass is 35.5. The molecule has 0 atom stereocenters. The molecule has 0 N–H and O–H groups in total. The zero-order valence-electron chi connectivity index (χ0n) is 11.6. The molecule has 0 aromatic heterocycles. The van der Waals surface area contributed by atoms with Gasteiger partial charge in [-0.15, -0.1) is 11.6 Å². The number of nitrogens with zero attached hydrogens (tertiary/aromatic N) is 2. The van der Waals surface area contributed by atoms with Gasteiger partial charge in [-0.2, -0.15) is 0 Å². The molecule has 0 aliphatic carbocycles. The first-order valence-corrected chi connectivity index (χ1v) is 7.22. The van der Waals surface area contributed by atoms with Crippen LogP contribution in [0.25, 0.3) is 0 Å².